The van der Waals surface area contributed by atoms with Crippen LogP contribution in [0.1, 0.15) is 30.1 Å². The fraction of sp³-hybridized carbons (Fsp3) is 0.333. The average molecular weight is 393 g/mol. The molecule has 3 rings (SSSR count). The summed E-state index contributed by atoms with van der Waals surface area (Å²) in [5.74, 6) is -0.637. The van der Waals surface area contributed by atoms with Crippen LogP contribution < -0.4 is 5.32 Å². The van der Waals surface area contributed by atoms with E-state index in [9.17, 15) is 18.0 Å². The quantitative estimate of drug-likeness (QED) is 0.793. The van der Waals surface area contributed by atoms with Crippen molar-refractivity contribution in [3.63, 3.8) is 0 Å². The van der Waals surface area contributed by atoms with Gasteiger partial charge in [0.05, 0.1) is 5.92 Å². The van der Waals surface area contributed by atoms with E-state index in [0.717, 1.165) is 0 Å². The summed E-state index contributed by atoms with van der Waals surface area (Å²) in [6.45, 7) is 2.09. The summed E-state index contributed by atoms with van der Waals surface area (Å²) in [6, 6.07) is 9.96. The molecule has 1 N–H and O–H groups in total. The minimum atomic E-state index is -3.54. The van der Waals surface area contributed by atoms with E-state index in [1.54, 1.807) is 41.8 Å². The summed E-state index contributed by atoms with van der Waals surface area (Å²) in [6.07, 6.45) is 1.29. The van der Waals surface area contributed by atoms with Crippen LogP contribution in [0.25, 0.3) is 0 Å². The van der Waals surface area contributed by atoms with Crippen LogP contribution in [0.5, 0.6) is 0 Å². The lowest BCUT2D eigenvalue weighted by Crippen LogP contribution is -2.43. The number of rotatable bonds is 5. The molecule has 1 aromatic heterocycles. The molecule has 6 nitrogen and oxygen atoms in total. The van der Waals surface area contributed by atoms with Crippen molar-refractivity contribution in [2.45, 2.75) is 24.0 Å². The molecule has 1 atom stereocenters. The van der Waals surface area contributed by atoms with E-state index in [4.69, 9.17) is 0 Å². The van der Waals surface area contributed by atoms with Gasteiger partial charge in [-0.2, -0.15) is 4.31 Å². The van der Waals surface area contributed by atoms with Crippen molar-refractivity contribution in [2.24, 2.45) is 5.92 Å². The molecule has 1 aliphatic heterocycles. The zero-order valence-electron chi connectivity index (χ0n) is 14.3. The molecule has 26 heavy (non-hydrogen) atoms. The maximum Gasteiger partial charge on any atom is 0.252 e. The first-order valence-corrected chi connectivity index (χ1v) is 10.7. The highest BCUT2D eigenvalue weighted by Gasteiger charge is 2.33. The molecule has 0 saturated carbocycles. The number of thiophene rings is 1. The monoisotopic (exact) mass is 392 g/mol. The van der Waals surface area contributed by atoms with Gasteiger partial charge >= 0.3 is 0 Å². The van der Waals surface area contributed by atoms with Gasteiger partial charge in [-0.3, -0.25) is 9.59 Å². The minimum absolute atomic E-state index is 0.0374. The molecule has 1 aromatic carbocycles. The standard InChI is InChI=1S/C18H20N2O4S2/c1-13(21)14-6-8-16(9-7-14)19-18(22)15-4-2-10-20(12-15)26(23,24)17-5-3-11-25-17/h3,5-9,11,15H,2,4,10,12H2,1H3,(H,19,22)/t15-/m0/s1. The SMILES string of the molecule is CC(=O)c1ccc(NC(=O)[C@H]2CCCN(S(=O)(=O)c3cccs3)C2)cc1. The number of nitrogens with zero attached hydrogens (tertiary/aromatic N) is 1. The summed E-state index contributed by atoms with van der Waals surface area (Å²) in [5.41, 5.74) is 1.17. The van der Waals surface area contributed by atoms with E-state index in [2.05, 4.69) is 5.32 Å². The van der Waals surface area contributed by atoms with Gasteiger partial charge in [0, 0.05) is 24.3 Å². The van der Waals surface area contributed by atoms with Gasteiger partial charge in [0.2, 0.25) is 5.91 Å². The van der Waals surface area contributed by atoms with Crippen molar-refractivity contribution in [1.29, 1.82) is 0 Å². The summed E-state index contributed by atoms with van der Waals surface area (Å²) in [5, 5.41) is 4.54. The minimum Gasteiger partial charge on any atom is -0.326 e. The van der Waals surface area contributed by atoms with Crippen molar-refractivity contribution >= 4 is 38.7 Å². The van der Waals surface area contributed by atoms with Crippen LogP contribution in [0.2, 0.25) is 0 Å². The highest BCUT2D eigenvalue weighted by molar-refractivity contribution is 7.91. The number of carbonyl (C=O) groups is 2. The molecule has 1 saturated heterocycles. The molecule has 2 aromatic rings. The van der Waals surface area contributed by atoms with E-state index in [1.807, 2.05) is 0 Å². The van der Waals surface area contributed by atoms with E-state index in [1.165, 1.54) is 22.6 Å². The van der Waals surface area contributed by atoms with Crippen LogP contribution in [0.4, 0.5) is 5.69 Å². The fourth-order valence-corrected chi connectivity index (χ4v) is 5.61. The Kier molecular flexibility index (Phi) is 5.55. The molecule has 8 heteroatoms. The van der Waals surface area contributed by atoms with Gasteiger partial charge in [-0.25, -0.2) is 8.42 Å². The van der Waals surface area contributed by atoms with E-state index < -0.39 is 15.9 Å². The normalized spacial score (nSPS) is 18.4. The van der Waals surface area contributed by atoms with Crippen LogP contribution in [0.3, 0.4) is 0 Å². The second-order valence-electron chi connectivity index (χ2n) is 6.26. The van der Waals surface area contributed by atoms with Crippen LogP contribution in [0, 0.1) is 5.92 Å². The third kappa shape index (κ3) is 4.03. The number of benzene rings is 1. The summed E-state index contributed by atoms with van der Waals surface area (Å²) in [7, 11) is -3.54. The number of nitrogens with one attached hydrogen (secondary N) is 1. The maximum absolute atomic E-state index is 12.6. The Morgan fingerprint density at radius 2 is 1.92 bits per heavy atom. The third-order valence-electron chi connectivity index (χ3n) is 4.40. The van der Waals surface area contributed by atoms with Gasteiger partial charge in [-0.15, -0.1) is 11.3 Å². The molecular formula is C18H20N2O4S2. The first-order valence-electron chi connectivity index (χ1n) is 8.33. The average Bonchev–Trinajstić information content (AvgIpc) is 3.18. The Morgan fingerprint density at radius 1 is 1.19 bits per heavy atom. The number of amides is 1. The van der Waals surface area contributed by atoms with Crippen molar-refractivity contribution < 1.29 is 18.0 Å². The molecule has 0 radical (unpaired) electrons. The number of sulfonamides is 1. The molecule has 0 unspecified atom stereocenters. The molecule has 1 fully saturated rings. The predicted octanol–water partition coefficient (Wildman–Crippen LogP) is 2.99. The maximum atomic E-state index is 12.6. The lowest BCUT2D eigenvalue weighted by atomic mass is 9.98. The Hall–Kier alpha value is -2.03. The van der Waals surface area contributed by atoms with Gasteiger partial charge < -0.3 is 5.32 Å². The van der Waals surface area contributed by atoms with Gasteiger partial charge in [0.25, 0.3) is 10.0 Å². The molecule has 138 valence electrons. The number of carbonyl (C=O) groups excluding carboxylic acids is 2. The largest absolute Gasteiger partial charge is 0.326 e. The van der Waals surface area contributed by atoms with Crippen molar-refractivity contribution in [2.75, 3.05) is 18.4 Å². The third-order valence-corrected chi connectivity index (χ3v) is 7.64. The summed E-state index contributed by atoms with van der Waals surface area (Å²) in [4.78, 5) is 23.9. The first-order chi connectivity index (χ1) is 12.4. The van der Waals surface area contributed by atoms with Crippen LogP contribution in [-0.4, -0.2) is 37.5 Å². The number of anilines is 1. The predicted molar refractivity (Wildman–Crippen MR) is 101 cm³/mol. The first kappa shape index (κ1) is 18.8. The lowest BCUT2D eigenvalue weighted by Gasteiger charge is -2.30. The Morgan fingerprint density at radius 3 is 2.54 bits per heavy atom. The Bertz CT molecular complexity index is 890. The van der Waals surface area contributed by atoms with Crippen LogP contribution in [-0.2, 0) is 14.8 Å². The van der Waals surface area contributed by atoms with E-state index >= 15 is 0 Å². The number of hydrogen-bond donors (Lipinski definition) is 1. The molecule has 0 spiro atoms. The second kappa shape index (κ2) is 7.69. The van der Waals surface area contributed by atoms with E-state index in [0.29, 0.717) is 34.8 Å². The lowest BCUT2D eigenvalue weighted by molar-refractivity contribution is -0.120. The smallest absolute Gasteiger partial charge is 0.252 e. The van der Waals surface area contributed by atoms with Gasteiger partial charge in [0.15, 0.2) is 5.78 Å². The van der Waals surface area contributed by atoms with E-state index in [-0.39, 0.29) is 18.2 Å². The van der Waals surface area contributed by atoms with Crippen LogP contribution >= 0.6 is 11.3 Å². The fourth-order valence-electron chi connectivity index (χ4n) is 2.94. The Labute approximate surface area is 156 Å². The molecular weight excluding hydrogens is 372 g/mol. The number of ketones is 1. The molecule has 0 aliphatic carbocycles. The van der Waals surface area contributed by atoms with Gasteiger partial charge in [-0.1, -0.05) is 6.07 Å². The molecule has 1 aliphatic rings. The molecule has 2 heterocycles. The number of piperidine rings is 1. The topological polar surface area (TPSA) is 83.6 Å². The van der Waals surface area contributed by atoms with Crippen molar-refractivity contribution in [1.82, 2.24) is 4.31 Å². The Balaban J connectivity index is 1.67. The summed E-state index contributed by atoms with van der Waals surface area (Å²) < 4.78 is 27.0. The second-order valence-corrected chi connectivity index (χ2v) is 9.37. The zero-order chi connectivity index (χ0) is 18.7. The van der Waals surface area contributed by atoms with Crippen LogP contribution in [0.15, 0.2) is 46.0 Å². The number of hydrogen-bond acceptors (Lipinski definition) is 5. The molecule has 1 amide bonds. The summed E-state index contributed by atoms with van der Waals surface area (Å²) >= 11 is 1.18. The van der Waals surface area contributed by atoms with Crippen molar-refractivity contribution in [3.05, 3.63) is 47.3 Å². The van der Waals surface area contributed by atoms with Gasteiger partial charge in [-0.05, 0) is 55.5 Å². The van der Waals surface area contributed by atoms with Gasteiger partial charge in [0.1, 0.15) is 4.21 Å². The number of Topliss-reactive ketones (excluding diaryl/α,β-unsaturated/α-hetero) is 1. The molecule has 0 bridgehead atoms. The highest BCUT2D eigenvalue weighted by atomic mass is 32.2. The highest BCUT2D eigenvalue weighted by Crippen LogP contribution is 2.27. The zero-order valence-corrected chi connectivity index (χ0v) is 16.0. The van der Waals surface area contributed by atoms with Crippen molar-refractivity contribution in [3.8, 4) is 0 Å².